The molecule has 1 fully saturated rings. The molecule has 0 aliphatic carbocycles. The van der Waals surface area contributed by atoms with Crippen molar-refractivity contribution in [2.45, 2.75) is 33.0 Å². The Balaban J connectivity index is 1.77. The number of nitrogens with zero attached hydrogens (tertiary/aromatic N) is 3. The number of nitrogens with one attached hydrogen (secondary N) is 2. The van der Waals surface area contributed by atoms with Crippen molar-refractivity contribution >= 4 is 29.1 Å². The fourth-order valence-corrected chi connectivity index (χ4v) is 3.73. The van der Waals surface area contributed by atoms with Crippen LogP contribution in [0.2, 0.25) is 0 Å². The minimum atomic E-state index is -4.57. The molecule has 29 heavy (non-hydrogen) atoms. The minimum absolute atomic E-state index is 0.161. The molecular weight excluding hydrogens is 399 g/mol. The first-order chi connectivity index (χ1) is 13.7. The van der Waals surface area contributed by atoms with Crippen molar-refractivity contribution in [3.63, 3.8) is 0 Å². The summed E-state index contributed by atoms with van der Waals surface area (Å²) in [4.78, 5) is 9.83. The number of halogens is 3. The van der Waals surface area contributed by atoms with E-state index in [2.05, 4.69) is 34.4 Å². The van der Waals surface area contributed by atoms with Crippen molar-refractivity contribution in [3.8, 4) is 0 Å². The maximum absolute atomic E-state index is 13.4. The molecule has 2 heterocycles. The van der Waals surface area contributed by atoms with Crippen LogP contribution >= 0.6 is 12.2 Å². The summed E-state index contributed by atoms with van der Waals surface area (Å²) in [7, 11) is 0. The molecule has 1 aromatic carbocycles. The van der Waals surface area contributed by atoms with Gasteiger partial charge in [0.25, 0.3) is 0 Å². The number of hydrogen-bond acceptors (Lipinski definition) is 4. The first kappa shape index (κ1) is 21.3. The fourth-order valence-electron chi connectivity index (χ4n) is 3.57. The van der Waals surface area contributed by atoms with Gasteiger partial charge in [0.2, 0.25) is 5.95 Å². The number of anilines is 2. The summed E-state index contributed by atoms with van der Waals surface area (Å²) in [5.74, 6) is 0.867. The van der Waals surface area contributed by atoms with Crippen LogP contribution in [0.3, 0.4) is 0 Å². The van der Waals surface area contributed by atoms with E-state index in [1.165, 1.54) is 0 Å². The van der Waals surface area contributed by atoms with Crippen LogP contribution in [0.25, 0.3) is 0 Å². The maximum Gasteiger partial charge on any atom is 0.433 e. The van der Waals surface area contributed by atoms with E-state index in [0.717, 1.165) is 18.1 Å². The normalized spacial score (nSPS) is 19.7. The first-order valence-corrected chi connectivity index (χ1v) is 9.91. The lowest BCUT2D eigenvalue weighted by atomic mass is 9.92. The molecule has 5 nitrogen and oxygen atoms in total. The highest BCUT2D eigenvalue weighted by molar-refractivity contribution is 7.80. The van der Waals surface area contributed by atoms with Gasteiger partial charge in [0, 0.05) is 25.7 Å². The van der Waals surface area contributed by atoms with Crippen molar-refractivity contribution in [2.75, 3.05) is 23.3 Å². The Labute approximate surface area is 173 Å². The second kappa shape index (κ2) is 8.94. The molecule has 3 rings (SSSR count). The molecular formula is C20H24F3N5S. The topological polar surface area (TPSA) is 53.1 Å². The van der Waals surface area contributed by atoms with E-state index in [-0.39, 0.29) is 16.9 Å². The van der Waals surface area contributed by atoms with Crippen LogP contribution in [-0.4, -0.2) is 28.2 Å². The van der Waals surface area contributed by atoms with E-state index in [1.54, 1.807) is 0 Å². The lowest BCUT2D eigenvalue weighted by Crippen LogP contribution is -2.39. The summed E-state index contributed by atoms with van der Waals surface area (Å²) in [6.45, 7) is 5.95. The van der Waals surface area contributed by atoms with Crippen LogP contribution in [0, 0.1) is 11.8 Å². The van der Waals surface area contributed by atoms with Gasteiger partial charge >= 0.3 is 6.18 Å². The van der Waals surface area contributed by atoms with Crippen LogP contribution < -0.4 is 15.5 Å². The summed E-state index contributed by atoms with van der Waals surface area (Å²) < 4.78 is 40.2. The molecule has 1 saturated heterocycles. The number of rotatable bonds is 4. The number of alkyl halides is 3. The van der Waals surface area contributed by atoms with Gasteiger partial charge in [-0.15, -0.1) is 0 Å². The van der Waals surface area contributed by atoms with Crippen molar-refractivity contribution < 1.29 is 13.2 Å². The van der Waals surface area contributed by atoms with Gasteiger partial charge in [0.15, 0.2) is 10.8 Å². The molecule has 0 bridgehead atoms. The van der Waals surface area contributed by atoms with Crippen LogP contribution in [-0.2, 0) is 12.7 Å². The number of hydrogen-bond donors (Lipinski definition) is 2. The lowest BCUT2D eigenvalue weighted by Gasteiger charge is -2.36. The van der Waals surface area contributed by atoms with Gasteiger partial charge < -0.3 is 15.5 Å². The monoisotopic (exact) mass is 423 g/mol. The Morgan fingerprint density at radius 1 is 1.14 bits per heavy atom. The van der Waals surface area contributed by atoms with Crippen molar-refractivity contribution in [1.29, 1.82) is 0 Å². The molecule has 0 radical (unpaired) electrons. The second-order valence-corrected chi connectivity index (χ2v) is 7.99. The number of piperidine rings is 1. The molecule has 9 heteroatoms. The number of aromatic nitrogens is 2. The molecule has 0 saturated carbocycles. The molecule has 0 amide bonds. The average molecular weight is 424 g/mol. The van der Waals surface area contributed by atoms with Crippen LogP contribution in [0.5, 0.6) is 0 Å². The van der Waals surface area contributed by atoms with Gasteiger partial charge in [-0.05, 0) is 36.0 Å². The smallest absolute Gasteiger partial charge is 0.358 e. The molecule has 156 valence electrons. The predicted molar refractivity (Wildman–Crippen MR) is 112 cm³/mol. The summed E-state index contributed by atoms with van der Waals surface area (Å²) in [6.07, 6.45) is -3.52. The lowest BCUT2D eigenvalue weighted by molar-refractivity contribution is -0.141. The molecule has 2 aromatic rings. The molecule has 0 unspecified atom stereocenters. The van der Waals surface area contributed by atoms with Gasteiger partial charge in [-0.3, -0.25) is 0 Å². The zero-order chi connectivity index (χ0) is 21.0. The zero-order valence-electron chi connectivity index (χ0n) is 16.3. The van der Waals surface area contributed by atoms with Crippen molar-refractivity contribution in [1.82, 2.24) is 15.3 Å². The average Bonchev–Trinajstić information content (AvgIpc) is 2.65. The predicted octanol–water partition coefficient (Wildman–Crippen LogP) is 4.46. The van der Waals surface area contributed by atoms with E-state index < -0.39 is 11.9 Å². The maximum atomic E-state index is 13.4. The van der Waals surface area contributed by atoms with E-state index >= 15 is 0 Å². The summed E-state index contributed by atoms with van der Waals surface area (Å²) >= 11 is 5.21. The quantitative estimate of drug-likeness (QED) is 0.708. The van der Waals surface area contributed by atoms with Gasteiger partial charge in [0.1, 0.15) is 5.82 Å². The zero-order valence-corrected chi connectivity index (χ0v) is 17.1. The molecule has 1 aliphatic rings. The largest absolute Gasteiger partial charge is 0.433 e. The van der Waals surface area contributed by atoms with Gasteiger partial charge in [-0.1, -0.05) is 44.2 Å². The molecule has 2 N–H and O–H groups in total. The Hall–Kier alpha value is -2.42. The Morgan fingerprint density at radius 2 is 1.79 bits per heavy atom. The Morgan fingerprint density at radius 3 is 2.41 bits per heavy atom. The summed E-state index contributed by atoms with van der Waals surface area (Å²) in [6, 6.07) is 10.6. The molecule has 0 spiro atoms. The fraction of sp³-hybridized carbons (Fsp3) is 0.450. The van der Waals surface area contributed by atoms with Crippen LogP contribution in [0.1, 0.15) is 31.5 Å². The molecule has 2 atom stereocenters. The van der Waals surface area contributed by atoms with Gasteiger partial charge in [-0.2, -0.15) is 18.2 Å². The number of thiocarbonyl (C=S) groups is 1. The van der Waals surface area contributed by atoms with E-state index in [9.17, 15) is 13.2 Å². The number of benzene rings is 1. The minimum Gasteiger partial charge on any atom is -0.358 e. The third-order valence-electron chi connectivity index (χ3n) is 4.72. The van der Waals surface area contributed by atoms with Gasteiger partial charge in [0.05, 0.1) is 0 Å². The highest BCUT2D eigenvalue weighted by Gasteiger charge is 2.35. The Kier molecular flexibility index (Phi) is 6.56. The van der Waals surface area contributed by atoms with Crippen LogP contribution in [0.4, 0.5) is 24.9 Å². The van der Waals surface area contributed by atoms with E-state index in [4.69, 9.17) is 12.2 Å². The standard InChI is InChI=1S/C20H24F3N5S/c1-13-8-14(2)12-28(11-13)17-9-16(20(21,22)23)25-18(26-17)27-19(29)24-10-15-6-4-3-5-7-15/h3-7,9,13-14H,8,10-12H2,1-2H3,(H2,24,25,26,27,29)/t13-,14-/m0/s1. The third-order valence-corrected chi connectivity index (χ3v) is 4.96. The Bertz CT molecular complexity index is 834. The summed E-state index contributed by atoms with van der Waals surface area (Å²) in [5.41, 5.74) is 0.0142. The first-order valence-electron chi connectivity index (χ1n) is 9.50. The van der Waals surface area contributed by atoms with Crippen molar-refractivity contribution in [3.05, 3.63) is 47.7 Å². The van der Waals surface area contributed by atoms with Crippen LogP contribution in [0.15, 0.2) is 36.4 Å². The SMILES string of the molecule is C[C@H]1C[C@H](C)CN(c2cc(C(F)(F)F)nc(NC(=S)NCc3ccccc3)n2)C1. The molecule has 1 aromatic heterocycles. The van der Waals surface area contributed by atoms with Crippen molar-refractivity contribution in [2.24, 2.45) is 11.8 Å². The summed E-state index contributed by atoms with van der Waals surface area (Å²) in [5, 5.41) is 5.83. The highest BCUT2D eigenvalue weighted by atomic mass is 32.1. The van der Waals surface area contributed by atoms with E-state index in [0.29, 0.717) is 31.5 Å². The second-order valence-electron chi connectivity index (χ2n) is 7.58. The highest BCUT2D eigenvalue weighted by Crippen LogP contribution is 2.32. The van der Waals surface area contributed by atoms with E-state index in [1.807, 2.05) is 35.2 Å². The molecule has 1 aliphatic heterocycles. The van der Waals surface area contributed by atoms with Gasteiger partial charge in [-0.25, -0.2) is 4.98 Å². The third kappa shape index (κ3) is 6.03.